The first-order valence-corrected chi connectivity index (χ1v) is 7.25. The van der Waals surface area contributed by atoms with E-state index in [0.717, 1.165) is 12.1 Å². The zero-order valence-corrected chi connectivity index (χ0v) is 13.4. The standard InChI is InChI=1S/C16H24N2O3/c1-10-9-18(11(2)8-17-10)16(19)13-6-14(20-4)12(3)15(7-13)21-5/h6-7,10-11,17H,8-9H2,1-5H3. The first kappa shape index (κ1) is 15.6. The second-order valence-corrected chi connectivity index (χ2v) is 5.62. The van der Waals surface area contributed by atoms with Crippen LogP contribution in [0.3, 0.4) is 0 Å². The Labute approximate surface area is 126 Å². The maximum Gasteiger partial charge on any atom is 0.254 e. The van der Waals surface area contributed by atoms with Gasteiger partial charge < -0.3 is 19.7 Å². The topological polar surface area (TPSA) is 50.8 Å². The molecule has 2 rings (SSSR count). The van der Waals surface area contributed by atoms with Crippen LogP contribution in [0.1, 0.15) is 29.8 Å². The molecule has 1 aromatic carbocycles. The van der Waals surface area contributed by atoms with E-state index in [1.165, 1.54) is 0 Å². The number of piperazine rings is 1. The van der Waals surface area contributed by atoms with Crippen LogP contribution in [-0.2, 0) is 0 Å². The van der Waals surface area contributed by atoms with Crippen LogP contribution in [0.4, 0.5) is 0 Å². The van der Waals surface area contributed by atoms with Crippen molar-refractivity contribution in [2.75, 3.05) is 27.3 Å². The van der Waals surface area contributed by atoms with Gasteiger partial charge in [-0.2, -0.15) is 0 Å². The van der Waals surface area contributed by atoms with Gasteiger partial charge in [-0.1, -0.05) is 0 Å². The molecule has 2 atom stereocenters. The minimum atomic E-state index is 0.0208. The van der Waals surface area contributed by atoms with Gasteiger partial charge in [0.05, 0.1) is 14.2 Å². The van der Waals surface area contributed by atoms with E-state index >= 15 is 0 Å². The van der Waals surface area contributed by atoms with Gasteiger partial charge in [-0.3, -0.25) is 4.79 Å². The smallest absolute Gasteiger partial charge is 0.254 e. The number of hydrogen-bond acceptors (Lipinski definition) is 4. The van der Waals surface area contributed by atoms with E-state index < -0.39 is 0 Å². The van der Waals surface area contributed by atoms with Crippen molar-refractivity contribution < 1.29 is 14.3 Å². The highest BCUT2D eigenvalue weighted by molar-refractivity contribution is 5.95. The number of hydrogen-bond donors (Lipinski definition) is 1. The van der Waals surface area contributed by atoms with Crippen molar-refractivity contribution in [2.45, 2.75) is 32.9 Å². The fraction of sp³-hybridized carbons (Fsp3) is 0.562. The molecule has 1 aliphatic heterocycles. The largest absolute Gasteiger partial charge is 0.496 e. The number of amides is 1. The number of benzene rings is 1. The lowest BCUT2D eigenvalue weighted by molar-refractivity contribution is 0.0615. The third-order valence-corrected chi connectivity index (χ3v) is 4.02. The van der Waals surface area contributed by atoms with Crippen molar-refractivity contribution >= 4 is 5.91 Å². The summed E-state index contributed by atoms with van der Waals surface area (Å²) in [5.74, 6) is 1.37. The number of nitrogens with zero attached hydrogens (tertiary/aromatic N) is 1. The Morgan fingerprint density at radius 1 is 1.24 bits per heavy atom. The molecule has 1 heterocycles. The zero-order valence-electron chi connectivity index (χ0n) is 13.4. The Hall–Kier alpha value is -1.75. The van der Waals surface area contributed by atoms with Gasteiger partial charge in [-0.05, 0) is 32.9 Å². The Morgan fingerprint density at radius 3 is 2.33 bits per heavy atom. The summed E-state index contributed by atoms with van der Waals surface area (Å²) in [5.41, 5.74) is 1.51. The summed E-state index contributed by atoms with van der Waals surface area (Å²) in [4.78, 5) is 14.7. The predicted molar refractivity (Wildman–Crippen MR) is 82.2 cm³/mol. The molecule has 5 heteroatoms. The molecule has 0 radical (unpaired) electrons. The van der Waals surface area contributed by atoms with Crippen LogP contribution >= 0.6 is 0 Å². The summed E-state index contributed by atoms with van der Waals surface area (Å²) in [6.45, 7) is 7.58. The third-order valence-electron chi connectivity index (χ3n) is 4.02. The molecule has 116 valence electrons. The van der Waals surface area contributed by atoms with Crippen LogP contribution in [0.2, 0.25) is 0 Å². The molecule has 2 unspecified atom stereocenters. The highest BCUT2D eigenvalue weighted by Crippen LogP contribution is 2.30. The van der Waals surface area contributed by atoms with Crippen LogP contribution in [0.5, 0.6) is 11.5 Å². The molecular weight excluding hydrogens is 268 g/mol. The van der Waals surface area contributed by atoms with Gasteiger partial charge in [0.2, 0.25) is 0 Å². The van der Waals surface area contributed by atoms with E-state index in [9.17, 15) is 4.79 Å². The third kappa shape index (κ3) is 3.13. The minimum absolute atomic E-state index is 0.0208. The molecule has 0 aromatic heterocycles. The predicted octanol–water partition coefficient (Wildman–Crippen LogP) is 1.83. The monoisotopic (exact) mass is 292 g/mol. The number of rotatable bonds is 3. The normalized spacial score (nSPS) is 22.0. The summed E-state index contributed by atoms with van der Waals surface area (Å²) in [7, 11) is 3.21. The number of nitrogens with one attached hydrogen (secondary N) is 1. The van der Waals surface area contributed by atoms with E-state index in [1.54, 1.807) is 26.4 Å². The average molecular weight is 292 g/mol. The number of carbonyl (C=O) groups is 1. The molecule has 1 N–H and O–H groups in total. The summed E-state index contributed by atoms with van der Waals surface area (Å²) < 4.78 is 10.7. The van der Waals surface area contributed by atoms with E-state index in [2.05, 4.69) is 19.2 Å². The van der Waals surface area contributed by atoms with Gasteiger partial charge >= 0.3 is 0 Å². The van der Waals surface area contributed by atoms with Gasteiger partial charge in [-0.25, -0.2) is 0 Å². The van der Waals surface area contributed by atoms with E-state index in [4.69, 9.17) is 9.47 Å². The highest BCUT2D eigenvalue weighted by Gasteiger charge is 2.28. The molecule has 1 fully saturated rings. The van der Waals surface area contributed by atoms with Crippen molar-refractivity contribution in [3.63, 3.8) is 0 Å². The van der Waals surface area contributed by atoms with Crippen LogP contribution < -0.4 is 14.8 Å². The first-order chi connectivity index (χ1) is 9.97. The SMILES string of the molecule is COc1cc(C(=O)N2CC(C)NCC2C)cc(OC)c1C. The number of carbonyl (C=O) groups excluding carboxylic acids is 1. The Morgan fingerprint density at radius 2 is 1.81 bits per heavy atom. The van der Waals surface area contributed by atoms with Crippen molar-refractivity contribution in [3.8, 4) is 11.5 Å². The second-order valence-electron chi connectivity index (χ2n) is 5.62. The van der Waals surface area contributed by atoms with Crippen molar-refractivity contribution in [1.29, 1.82) is 0 Å². The summed E-state index contributed by atoms with van der Waals surface area (Å²) in [6.07, 6.45) is 0. The Bertz CT molecular complexity index is 505. The van der Waals surface area contributed by atoms with Crippen LogP contribution in [0, 0.1) is 6.92 Å². The molecule has 5 nitrogen and oxygen atoms in total. The zero-order chi connectivity index (χ0) is 15.6. The summed E-state index contributed by atoms with van der Waals surface area (Å²) >= 11 is 0. The number of ether oxygens (including phenoxy) is 2. The van der Waals surface area contributed by atoms with Gasteiger partial charge in [0.25, 0.3) is 5.91 Å². The van der Waals surface area contributed by atoms with Crippen molar-refractivity contribution in [2.24, 2.45) is 0 Å². The molecule has 0 aliphatic carbocycles. The average Bonchev–Trinajstić information content (AvgIpc) is 2.49. The number of methoxy groups -OCH3 is 2. The molecule has 1 aromatic rings. The van der Waals surface area contributed by atoms with Crippen molar-refractivity contribution in [1.82, 2.24) is 10.2 Å². The maximum absolute atomic E-state index is 12.8. The molecule has 1 saturated heterocycles. The van der Waals surface area contributed by atoms with Gasteiger partial charge in [0.1, 0.15) is 11.5 Å². The van der Waals surface area contributed by atoms with Crippen LogP contribution in [-0.4, -0.2) is 50.2 Å². The molecule has 1 amide bonds. The molecule has 1 aliphatic rings. The lowest BCUT2D eigenvalue weighted by Gasteiger charge is -2.37. The summed E-state index contributed by atoms with van der Waals surface area (Å²) in [5, 5.41) is 3.38. The lowest BCUT2D eigenvalue weighted by Crippen LogP contribution is -2.56. The van der Waals surface area contributed by atoms with E-state index in [-0.39, 0.29) is 11.9 Å². The quantitative estimate of drug-likeness (QED) is 0.923. The summed E-state index contributed by atoms with van der Waals surface area (Å²) in [6, 6.07) is 4.06. The first-order valence-electron chi connectivity index (χ1n) is 7.25. The fourth-order valence-corrected chi connectivity index (χ4v) is 2.68. The van der Waals surface area contributed by atoms with Crippen LogP contribution in [0.25, 0.3) is 0 Å². The molecule has 0 saturated carbocycles. The molecular formula is C16H24N2O3. The van der Waals surface area contributed by atoms with Gasteiger partial charge in [-0.15, -0.1) is 0 Å². The van der Waals surface area contributed by atoms with Crippen molar-refractivity contribution in [3.05, 3.63) is 23.3 Å². The molecule has 0 bridgehead atoms. The molecule has 0 spiro atoms. The van der Waals surface area contributed by atoms with Gasteiger partial charge in [0, 0.05) is 36.3 Å². The molecule has 21 heavy (non-hydrogen) atoms. The maximum atomic E-state index is 12.8. The second kappa shape index (κ2) is 6.35. The van der Waals surface area contributed by atoms with Gasteiger partial charge in [0.15, 0.2) is 0 Å². The Kier molecular flexibility index (Phi) is 4.73. The van der Waals surface area contributed by atoms with E-state index in [1.807, 2.05) is 11.8 Å². The lowest BCUT2D eigenvalue weighted by atomic mass is 10.1. The highest BCUT2D eigenvalue weighted by atomic mass is 16.5. The fourth-order valence-electron chi connectivity index (χ4n) is 2.68. The Balaban J connectivity index is 2.34. The van der Waals surface area contributed by atoms with Crippen LogP contribution in [0.15, 0.2) is 12.1 Å². The van der Waals surface area contributed by atoms with E-state index in [0.29, 0.717) is 29.6 Å². The minimum Gasteiger partial charge on any atom is -0.496 e.